The molecule has 0 spiro atoms. The number of hydrogen-bond acceptors (Lipinski definition) is 5. The van der Waals surface area contributed by atoms with Gasteiger partial charge in [-0.05, 0) is 30.3 Å². The van der Waals surface area contributed by atoms with Crippen LogP contribution < -0.4 is 4.74 Å². The van der Waals surface area contributed by atoms with E-state index in [4.69, 9.17) is 21.1 Å². The number of carbonyl (C=O) groups is 1. The highest BCUT2D eigenvalue weighted by Crippen LogP contribution is 2.41. The van der Waals surface area contributed by atoms with Crippen molar-refractivity contribution in [3.05, 3.63) is 75.6 Å². The third-order valence-corrected chi connectivity index (χ3v) is 5.38. The van der Waals surface area contributed by atoms with E-state index in [9.17, 15) is 22.4 Å². The van der Waals surface area contributed by atoms with Gasteiger partial charge in [-0.15, -0.1) is 0 Å². The highest BCUT2D eigenvalue weighted by molar-refractivity contribution is 6.37. The smallest absolute Gasteiger partial charge is 0.417 e. The van der Waals surface area contributed by atoms with Crippen LogP contribution in [0.2, 0.25) is 5.02 Å². The summed E-state index contributed by atoms with van der Waals surface area (Å²) in [5, 5.41) is -0.655. The molecule has 0 aliphatic carbocycles. The maximum Gasteiger partial charge on any atom is 0.417 e. The van der Waals surface area contributed by atoms with E-state index in [0.29, 0.717) is 0 Å². The van der Waals surface area contributed by atoms with Crippen LogP contribution in [0.5, 0.6) is 5.75 Å². The van der Waals surface area contributed by atoms with Gasteiger partial charge in [-0.1, -0.05) is 11.6 Å². The van der Waals surface area contributed by atoms with Crippen LogP contribution in [-0.4, -0.2) is 35.5 Å². The van der Waals surface area contributed by atoms with Crippen molar-refractivity contribution >= 4 is 23.3 Å². The first kappa shape index (κ1) is 21.8. The molecule has 6 nitrogen and oxygen atoms in total. The van der Waals surface area contributed by atoms with E-state index in [0.717, 1.165) is 12.1 Å². The van der Waals surface area contributed by atoms with Gasteiger partial charge in [-0.2, -0.15) is 13.2 Å². The van der Waals surface area contributed by atoms with Crippen molar-refractivity contribution in [3.8, 4) is 11.4 Å². The van der Waals surface area contributed by atoms with E-state index in [2.05, 4.69) is 9.98 Å². The van der Waals surface area contributed by atoms with Gasteiger partial charge < -0.3 is 9.47 Å². The highest BCUT2D eigenvalue weighted by atomic mass is 35.5. The van der Waals surface area contributed by atoms with Crippen molar-refractivity contribution in [3.63, 3.8) is 0 Å². The number of aliphatic imine (C=N–C) groups is 1. The summed E-state index contributed by atoms with van der Waals surface area (Å²) < 4.78 is 66.9. The molecule has 1 aliphatic rings. The monoisotopic (exact) mass is 467 g/mol. The maximum atomic E-state index is 14.8. The molecule has 3 aromatic rings. The zero-order chi connectivity index (χ0) is 23.2. The number of rotatable bonds is 3. The van der Waals surface area contributed by atoms with E-state index >= 15 is 0 Å². The number of aromatic nitrogens is 2. The van der Waals surface area contributed by atoms with E-state index in [1.807, 2.05) is 0 Å². The van der Waals surface area contributed by atoms with Gasteiger partial charge in [0.1, 0.15) is 17.9 Å². The summed E-state index contributed by atoms with van der Waals surface area (Å²) in [7, 11) is 2.54. The molecule has 0 amide bonds. The second kappa shape index (κ2) is 7.94. The molecule has 32 heavy (non-hydrogen) atoms. The molecule has 0 bridgehead atoms. The molecule has 2 aromatic carbocycles. The number of esters is 1. The predicted molar refractivity (Wildman–Crippen MR) is 107 cm³/mol. The molecule has 2 heterocycles. The van der Waals surface area contributed by atoms with Gasteiger partial charge in [0.05, 0.1) is 48.4 Å². The van der Waals surface area contributed by atoms with Gasteiger partial charge >= 0.3 is 12.1 Å². The van der Waals surface area contributed by atoms with Crippen LogP contribution in [0.15, 0.2) is 41.7 Å². The number of benzene rings is 2. The van der Waals surface area contributed by atoms with Crippen molar-refractivity contribution in [1.82, 2.24) is 9.55 Å². The van der Waals surface area contributed by atoms with Crippen LogP contribution in [0.3, 0.4) is 0 Å². The van der Waals surface area contributed by atoms with Crippen molar-refractivity contribution < 1.29 is 31.8 Å². The fraction of sp³-hybridized carbons (Fsp3) is 0.190. The largest absolute Gasteiger partial charge is 0.497 e. The summed E-state index contributed by atoms with van der Waals surface area (Å²) in [4.78, 5) is 20.5. The number of imidazole rings is 1. The van der Waals surface area contributed by atoms with Crippen LogP contribution in [0.25, 0.3) is 5.69 Å². The molecule has 166 valence electrons. The zero-order valence-electron chi connectivity index (χ0n) is 16.6. The Morgan fingerprint density at radius 2 is 1.94 bits per heavy atom. The Balaban J connectivity index is 2.06. The molecule has 0 saturated heterocycles. The van der Waals surface area contributed by atoms with E-state index in [1.54, 1.807) is 0 Å². The average molecular weight is 468 g/mol. The van der Waals surface area contributed by atoms with Crippen LogP contribution in [-0.2, 0) is 17.5 Å². The number of fused-ring (bicyclic) bond motifs is 3. The quantitative estimate of drug-likeness (QED) is 0.409. The van der Waals surface area contributed by atoms with Gasteiger partial charge in [-0.3, -0.25) is 9.56 Å². The molecule has 0 N–H and O–H groups in total. The molecule has 4 rings (SSSR count). The third-order valence-electron chi connectivity index (χ3n) is 4.98. The summed E-state index contributed by atoms with van der Waals surface area (Å²) in [6.45, 7) is -0.192. The van der Waals surface area contributed by atoms with Crippen molar-refractivity contribution in [1.29, 1.82) is 0 Å². The van der Waals surface area contributed by atoms with Gasteiger partial charge in [0.25, 0.3) is 0 Å². The van der Waals surface area contributed by atoms with Crippen molar-refractivity contribution in [2.75, 3.05) is 14.2 Å². The molecule has 0 atom stereocenters. The fourth-order valence-corrected chi connectivity index (χ4v) is 3.83. The highest BCUT2D eigenvalue weighted by Gasteiger charge is 2.37. The molecule has 1 aliphatic heterocycles. The lowest BCUT2D eigenvalue weighted by atomic mass is 9.97. The number of hydrogen-bond donors (Lipinski definition) is 0. The Hall–Kier alpha value is -3.40. The minimum absolute atomic E-state index is 0.0643. The third kappa shape index (κ3) is 3.50. The average Bonchev–Trinajstić information content (AvgIpc) is 3.10. The molecule has 11 heteroatoms. The van der Waals surface area contributed by atoms with E-state index in [-0.39, 0.29) is 46.2 Å². The van der Waals surface area contributed by atoms with Gasteiger partial charge in [0.15, 0.2) is 5.69 Å². The normalized spacial score (nSPS) is 13.0. The molecule has 1 aromatic heterocycles. The molecule has 0 radical (unpaired) electrons. The first-order chi connectivity index (χ1) is 15.2. The van der Waals surface area contributed by atoms with E-state index < -0.39 is 28.5 Å². The summed E-state index contributed by atoms with van der Waals surface area (Å²) >= 11 is 6.24. The number of alkyl halides is 3. The minimum atomic E-state index is -4.76. The number of nitrogens with zero attached hydrogens (tertiary/aromatic N) is 3. The lowest BCUT2D eigenvalue weighted by Crippen LogP contribution is -2.14. The molecule has 0 fully saturated rings. The number of ether oxygens (including phenoxy) is 2. The van der Waals surface area contributed by atoms with Gasteiger partial charge in [0, 0.05) is 11.1 Å². The lowest BCUT2D eigenvalue weighted by Gasteiger charge is -2.18. The Morgan fingerprint density at radius 3 is 2.59 bits per heavy atom. The van der Waals surface area contributed by atoms with Gasteiger partial charge in [0.2, 0.25) is 0 Å². The van der Waals surface area contributed by atoms with Crippen LogP contribution in [0.4, 0.5) is 17.6 Å². The van der Waals surface area contributed by atoms with Crippen molar-refractivity contribution in [2.45, 2.75) is 12.7 Å². The Bertz CT molecular complexity index is 1270. The number of carbonyl (C=O) groups excluding carboxylic acids is 1. The summed E-state index contributed by atoms with van der Waals surface area (Å²) in [5.74, 6) is -1.21. The number of halogens is 5. The molecular weight excluding hydrogens is 454 g/mol. The second-order valence-corrected chi connectivity index (χ2v) is 7.11. The van der Waals surface area contributed by atoms with Crippen molar-refractivity contribution in [2.24, 2.45) is 4.99 Å². The number of methoxy groups -OCH3 is 2. The summed E-state index contributed by atoms with van der Waals surface area (Å²) in [6, 6.07) is 5.79. The SMILES string of the molecule is COC(=O)c1ncn2c1CN=C(c1cc(OC)ccc1F)c1c-2ccc(C(F)(F)F)c1Cl. The second-order valence-electron chi connectivity index (χ2n) is 6.73. The Kier molecular flexibility index (Phi) is 5.41. The van der Waals surface area contributed by atoms with E-state index in [1.165, 1.54) is 43.3 Å². The topological polar surface area (TPSA) is 65.7 Å². The van der Waals surface area contributed by atoms with Gasteiger partial charge in [-0.25, -0.2) is 14.2 Å². The zero-order valence-corrected chi connectivity index (χ0v) is 17.4. The summed E-state index contributed by atoms with van der Waals surface area (Å²) in [5.41, 5.74) is -1.14. The van der Waals surface area contributed by atoms with Crippen LogP contribution in [0, 0.1) is 5.82 Å². The first-order valence-electron chi connectivity index (χ1n) is 9.10. The predicted octanol–water partition coefficient (Wildman–Crippen LogP) is 4.83. The Labute approximate surface area is 184 Å². The fourth-order valence-electron chi connectivity index (χ4n) is 3.48. The molecular formula is C21H14ClF4N3O3. The standard InChI is InChI=1S/C21H14ClF4N3O3/c1-31-10-3-5-13(23)11(7-10)18-16-14(6-4-12(17(16)22)21(24,25)26)29-9-28-19(20(30)32-2)15(29)8-27-18/h3-7,9H,8H2,1-2H3. The maximum absolute atomic E-state index is 14.8. The molecule has 0 unspecified atom stereocenters. The minimum Gasteiger partial charge on any atom is -0.497 e. The molecule has 0 saturated carbocycles. The lowest BCUT2D eigenvalue weighted by molar-refractivity contribution is -0.137. The van der Waals surface area contributed by atoms with Crippen LogP contribution >= 0.6 is 11.6 Å². The van der Waals surface area contributed by atoms with Crippen LogP contribution in [0.1, 0.15) is 32.9 Å². The first-order valence-corrected chi connectivity index (χ1v) is 9.48. The summed E-state index contributed by atoms with van der Waals surface area (Å²) in [6.07, 6.45) is -3.50. The Morgan fingerprint density at radius 1 is 1.19 bits per heavy atom.